The molecule has 1 saturated heterocycles. The van der Waals surface area contributed by atoms with Gasteiger partial charge in [0.05, 0.1) is 0 Å². The molecule has 3 amide bonds. The Kier molecular flexibility index (Phi) is 4.59. The minimum atomic E-state index is -5.01. The molecule has 0 saturated carbocycles. The SMILES string of the molecule is CN1C(=O)NC(=O)C(OP(=O)(O)O)C1N([O])C(C)(C)C. The number of hydrogen-bond donors (Lipinski definition) is 3. The van der Waals surface area contributed by atoms with E-state index in [2.05, 4.69) is 4.52 Å². The molecule has 0 aromatic rings. The minimum absolute atomic E-state index is 0.393. The van der Waals surface area contributed by atoms with Crippen molar-refractivity contribution in [1.82, 2.24) is 15.3 Å². The van der Waals surface area contributed by atoms with Gasteiger partial charge in [-0.1, -0.05) is 0 Å². The first-order valence-electron chi connectivity index (χ1n) is 5.62. The van der Waals surface area contributed by atoms with Crippen LogP contribution in [0, 0.1) is 0 Å². The number of likely N-dealkylation sites (N-methyl/N-ethyl adjacent to an activating group) is 1. The van der Waals surface area contributed by atoms with Gasteiger partial charge in [0.15, 0.2) is 6.10 Å². The van der Waals surface area contributed by atoms with Crippen molar-refractivity contribution in [2.24, 2.45) is 0 Å². The Hall–Kier alpha value is -1.03. The lowest BCUT2D eigenvalue weighted by Gasteiger charge is -2.44. The maximum absolute atomic E-state index is 12.2. The number of hydrogen-bond acceptors (Lipinski definition) is 5. The van der Waals surface area contributed by atoms with E-state index in [-0.39, 0.29) is 0 Å². The summed E-state index contributed by atoms with van der Waals surface area (Å²) in [7, 11) is -3.79. The van der Waals surface area contributed by atoms with Crippen LogP contribution in [0.1, 0.15) is 20.8 Å². The van der Waals surface area contributed by atoms with Gasteiger partial charge < -0.3 is 14.7 Å². The van der Waals surface area contributed by atoms with E-state index in [9.17, 15) is 19.4 Å². The molecule has 3 N–H and O–H groups in total. The normalized spacial score (nSPS) is 25.1. The van der Waals surface area contributed by atoms with Crippen LogP contribution in [0.2, 0.25) is 0 Å². The van der Waals surface area contributed by atoms with E-state index in [1.165, 1.54) is 27.8 Å². The first kappa shape index (κ1) is 17.0. The van der Waals surface area contributed by atoms with Gasteiger partial charge in [0, 0.05) is 12.6 Å². The number of imide groups is 1. The smallest absolute Gasteiger partial charge is 0.306 e. The number of hydroxylamine groups is 2. The molecule has 1 aliphatic heterocycles. The number of nitrogens with one attached hydrogen (secondary N) is 1. The van der Waals surface area contributed by atoms with Crippen molar-refractivity contribution in [2.75, 3.05) is 7.05 Å². The third kappa shape index (κ3) is 3.75. The van der Waals surface area contributed by atoms with Gasteiger partial charge in [-0.2, -0.15) is 0 Å². The largest absolute Gasteiger partial charge is 0.470 e. The zero-order chi connectivity index (χ0) is 15.9. The lowest BCUT2D eigenvalue weighted by molar-refractivity contribution is -0.276. The van der Waals surface area contributed by atoms with Crippen molar-refractivity contribution in [3.63, 3.8) is 0 Å². The molecule has 1 fully saturated rings. The second-order valence-electron chi connectivity index (χ2n) is 5.33. The first-order valence-corrected chi connectivity index (χ1v) is 7.15. The van der Waals surface area contributed by atoms with Crippen molar-refractivity contribution >= 4 is 19.8 Å². The van der Waals surface area contributed by atoms with Gasteiger partial charge in [-0.05, 0) is 20.8 Å². The topological polar surface area (TPSA) is 139 Å². The molecule has 10 nitrogen and oxygen atoms in total. The fraction of sp³-hybridized carbons (Fsp3) is 0.778. The van der Waals surface area contributed by atoms with Crippen LogP contribution < -0.4 is 5.32 Å². The number of carbonyl (C=O) groups excluding carboxylic acids is 2. The molecule has 1 heterocycles. The van der Waals surface area contributed by atoms with E-state index < -0.39 is 37.6 Å². The average molecular weight is 310 g/mol. The summed E-state index contributed by atoms with van der Waals surface area (Å²) >= 11 is 0. The number of phosphoric acid groups is 1. The van der Waals surface area contributed by atoms with Crippen LogP contribution in [0.5, 0.6) is 0 Å². The maximum atomic E-state index is 12.2. The van der Waals surface area contributed by atoms with Gasteiger partial charge in [0.2, 0.25) is 0 Å². The Morgan fingerprint density at radius 1 is 1.35 bits per heavy atom. The summed E-state index contributed by atoms with van der Waals surface area (Å²) in [4.78, 5) is 41.7. The van der Waals surface area contributed by atoms with Crippen molar-refractivity contribution in [3.8, 4) is 0 Å². The van der Waals surface area contributed by atoms with Crippen molar-refractivity contribution in [2.45, 2.75) is 38.6 Å². The van der Waals surface area contributed by atoms with Crippen molar-refractivity contribution in [1.29, 1.82) is 0 Å². The van der Waals surface area contributed by atoms with Crippen LogP contribution >= 0.6 is 7.82 Å². The Morgan fingerprint density at radius 2 is 1.85 bits per heavy atom. The fourth-order valence-corrected chi connectivity index (χ4v) is 2.15. The van der Waals surface area contributed by atoms with Crippen LogP contribution in [0.15, 0.2) is 0 Å². The van der Waals surface area contributed by atoms with Gasteiger partial charge in [-0.15, -0.1) is 10.3 Å². The second kappa shape index (κ2) is 5.40. The summed E-state index contributed by atoms with van der Waals surface area (Å²) in [5, 5.41) is 14.5. The molecule has 2 atom stereocenters. The quantitative estimate of drug-likeness (QED) is 0.468. The molecular formula is C9H17N3O7P. The zero-order valence-electron chi connectivity index (χ0n) is 11.4. The lowest BCUT2D eigenvalue weighted by atomic mass is 10.1. The van der Waals surface area contributed by atoms with Gasteiger partial charge in [-0.3, -0.25) is 14.6 Å². The monoisotopic (exact) mass is 310 g/mol. The fourth-order valence-electron chi connectivity index (χ4n) is 1.65. The summed E-state index contributed by atoms with van der Waals surface area (Å²) in [6.45, 7) is 4.58. The lowest BCUT2D eigenvalue weighted by Crippen LogP contribution is -2.69. The Bertz CT molecular complexity index is 457. The third-order valence-corrected chi connectivity index (χ3v) is 3.13. The minimum Gasteiger partial charge on any atom is -0.306 e. The van der Waals surface area contributed by atoms with Crippen molar-refractivity contribution in [3.05, 3.63) is 0 Å². The van der Waals surface area contributed by atoms with Crippen LogP contribution in [-0.4, -0.2) is 56.5 Å². The molecule has 115 valence electrons. The molecular weight excluding hydrogens is 293 g/mol. The van der Waals surface area contributed by atoms with Crippen LogP contribution in [0.3, 0.4) is 0 Å². The highest BCUT2D eigenvalue weighted by molar-refractivity contribution is 7.46. The van der Waals surface area contributed by atoms with E-state index in [0.717, 1.165) is 4.90 Å². The maximum Gasteiger partial charge on any atom is 0.470 e. The van der Waals surface area contributed by atoms with E-state index in [1.54, 1.807) is 0 Å². The third-order valence-electron chi connectivity index (χ3n) is 2.63. The molecule has 20 heavy (non-hydrogen) atoms. The molecule has 0 bridgehead atoms. The predicted octanol–water partition coefficient (Wildman–Crippen LogP) is -0.582. The molecule has 2 unspecified atom stereocenters. The Balaban J connectivity index is 3.17. The van der Waals surface area contributed by atoms with E-state index in [4.69, 9.17) is 9.79 Å². The molecule has 11 heteroatoms. The molecule has 1 rings (SSSR count). The second-order valence-corrected chi connectivity index (χ2v) is 6.52. The number of nitrogens with zero attached hydrogens (tertiary/aromatic N) is 2. The van der Waals surface area contributed by atoms with Crippen LogP contribution in [-0.2, 0) is 19.1 Å². The zero-order valence-corrected chi connectivity index (χ0v) is 12.3. The summed E-state index contributed by atoms with van der Waals surface area (Å²) in [6.07, 6.45) is -3.28. The highest BCUT2D eigenvalue weighted by Gasteiger charge is 2.49. The highest BCUT2D eigenvalue weighted by Crippen LogP contribution is 2.40. The van der Waals surface area contributed by atoms with Crippen LogP contribution in [0.25, 0.3) is 0 Å². The number of urea groups is 1. The van der Waals surface area contributed by atoms with Gasteiger partial charge in [0.1, 0.15) is 6.17 Å². The van der Waals surface area contributed by atoms with Gasteiger partial charge in [-0.25, -0.2) is 9.36 Å². The number of carbonyl (C=O) groups is 2. The molecule has 0 aromatic heterocycles. The highest BCUT2D eigenvalue weighted by atomic mass is 31.2. The molecule has 0 spiro atoms. The van der Waals surface area contributed by atoms with Gasteiger partial charge in [0.25, 0.3) is 5.91 Å². The standard InChI is InChI=1S/C9H17N3O7P/c1-9(2,3)12(15)7-5(19-20(16,17)18)6(13)10-8(14)11(7)4/h5,7H,1-4H3,(H,10,13,14)(H2,16,17,18). The Labute approximate surface area is 115 Å². The van der Waals surface area contributed by atoms with Crippen LogP contribution in [0.4, 0.5) is 4.79 Å². The number of phosphoric ester groups is 1. The van der Waals surface area contributed by atoms with E-state index >= 15 is 0 Å². The molecule has 0 aliphatic carbocycles. The first-order chi connectivity index (χ1) is 8.84. The Morgan fingerprint density at radius 3 is 2.25 bits per heavy atom. The summed E-state index contributed by atoms with van der Waals surface area (Å²) in [5.74, 6) is -1.08. The van der Waals surface area contributed by atoms with Gasteiger partial charge >= 0.3 is 13.9 Å². The number of amides is 3. The predicted molar refractivity (Wildman–Crippen MR) is 64.3 cm³/mol. The summed E-state index contributed by atoms with van der Waals surface area (Å²) < 4.78 is 15.3. The molecule has 1 radical (unpaired) electrons. The molecule has 0 aromatic carbocycles. The van der Waals surface area contributed by atoms with E-state index in [0.29, 0.717) is 5.06 Å². The molecule has 1 aliphatic rings. The van der Waals surface area contributed by atoms with E-state index in [1.807, 2.05) is 5.32 Å². The van der Waals surface area contributed by atoms with Crippen molar-refractivity contribution < 1.29 is 33.7 Å². The summed E-state index contributed by atoms with van der Waals surface area (Å²) in [6, 6.07) is -0.851. The number of rotatable bonds is 3. The summed E-state index contributed by atoms with van der Waals surface area (Å²) in [5.41, 5.74) is -1.01. The average Bonchev–Trinajstić information content (AvgIpc) is 2.22.